The van der Waals surface area contributed by atoms with Crippen molar-refractivity contribution in [2.45, 2.75) is 12.8 Å². The number of imide groups is 1. The quantitative estimate of drug-likeness (QED) is 0.0639. The zero-order valence-corrected chi connectivity index (χ0v) is 26.4. The molecule has 6 rings (SSSR count). The molecule has 0 radical (unpaired) electrons. The fourth-order valence-electron chi connectivity index (χ4n) is 5.15. The van der Waals surface area contributed by atoms with E-state index < -0.39 is 51.8 Å². The van der Waals surface area contributed by atoms with E-state index in [4.69, 9.17) is 0 Å². The van der Waals surface area contributed by atoms with Gasteiger partial charge in [-0.2, -0.15) is 0 Å². The molecule has 6 N–H and O–H groups in total. The predicted octanol–water partition coefficient (Wildman–Crippen LogP) is 2.55. The third kappa shape index (κ3) is 7.20. The largest absolute Gasteiger partial charge is 0.371 e. The van der Waals surface area contributed by atoms with E-state index in [1.54, 1.807) is 12.1 Å². The first-order valence-corrected chi connectivity index (χ1v) is 15.1. The van der Waals surface area contributed by atoms with Crippen LogP contribution in [0.4, 0.5) is 10.5 Å². The number of H-pyrrole nitrogens is 2. The van der Waals surface area contributed by atoms with Crippen molar-refractivity contribution in [2.75, 3.05) is 13.1 Å². The Balaban J connectivity index is 0.000000188. The summed E-state index contributed by atoms with van der Waals surface area (Å²) in [4.78, 5) is 99.8. The summed E-state index contributed by atoms with van der Waals surface area (Å²) < 4.78 is 0.792. The van der Waals surface area contributed by atoms with Crippen molar-refractivity contribution in [2.24, 2.45) is 11.8 Å². The van der Waals surface area contributed by atoms with Crippen LogP contribution in [0.25, 0.3) is 21.8 Å². The van der Waals surface area contributed by atoms with E-state index in [0.717, 1.165) is 9.99 Å². The van der Waals surface area contributed by atoms with Crippen molar-refractivity contribution < 1.29 is 38.5 Å². The van der Waals surface area contributed by atoms with Crippen LogP contribution in [0.3, 0.4) is 0 Å². The van der Waals surface area contributed by atoms with Gasteiger partial charge in [0.15, 0.2) is 0 Å². The Morgan fingerprint density at radius 3 is 1.85 bits per heavy atom. The first-order chi connectivity index (χ1) is 22.8. The lowest BCUT2D eigenvalue weighted by Gasteiger charge is -2.24. The van der Waals surface area contributed by atoms with E-state index in [2.05, 4.69) is 53.7 Å². The maximum Gasteiger partial charge on any atom is 0.321 e. The van der Waals surface area contributed by atoms with Gasteiger partial charge in [0.2, 0.25) is 34.9 Å². The monoisotopic (exact) mass is 719 g/mol. The highest BCUT2D eigenvalue weighted by molar-refractivity contribution is 9.10. The molecular formula is C31H26BrN7O9. The van der Waals surface area contributed by atoms with Crippen LogP contribution in [0.15, 0.2) is 65.7 Å². The van der Waals surface area contributed by atoms with Crippen LogP contribution in [0.5, 0.6) is 0 Å². The maximum absolute atomic E-state index is 12.4. The van der Waals surface area contributed by atoms with E-state index in [9.17, 15) is 43.7 Å². The number of benzene rings is 2. The molecule has 4 heterocycles. The number of halogens is 1. The van der Waals surface area contributed by atoms with E-state index in [1.807, 2.05) is 6.07 Å². The fourth-order valence-corrected chi connectivity index (χ4v) is 5.52. The molecule has 48 heavy (non-hydrogen) atoms. The number of rotatable bonds is 9. The van der Waals surface area contributed by atoms with Gasteiger partial charge in [0.05, 0.1) is 33.7 Å². The van der Waals surface area contributed by atoms with Crippen molar-refractivity contribution >= 4 is 84.4 Å². The summed E-state index contributed by atoms with van der Waals surface area (Å²) in [5.41, 5.74) is 1.40. The van der Waals surface area contributed by atoms with E-state index in [-0.39, 0.29) is 48.7 Å². The molecule has 2 saturated heterocycles. The Hall–Kier alpha value is -5.97. The SMILES string of the molecule is C=C1NCC(CC(=O)C(=O)c2c[nH]c3ccc([N+](=O)[O-])cc23)C(=O)N1.O=C1NCC(CC(=O)C(=O)c2c[nH]c3ccc(Br)cc23)C(=O)N1. The molecule has 0 spiro atoms. The predicted molar refractivity (Wildman–Crippen MR) is 173 cm³/mol. The molecule has 4 amide bonds. The van der Waals surface area contributed by atoms with Crippen molar-refractivity contribution in [1.29, 1.82) is 0 Å². The third-order valence-electron chi connectivity index (χ3n) is 7.70. The van der Waals surface area contributed by atoms with Gasteiger partial charge in [-0.3, -0.25) is 44.2 Å². The zero-order valence-electron chi connectivity index (χ0n) is 24.8. The molecule has 16 nitrogen and oxygen atoms in total. The summed E-state index contributed by atoms with van der Waals surface area (Å²) in [7, 11) is 0. The van der Waals surface area contributed by atoms with Gasteiger partial charge in [-0.25, -0.2) is 4.79 Å². The number of carbonyl (C=O) groups excluding carboxylic acids is 7. The van der Waals surface area contributed by atoms with Gasteiger partial charge in [-0.05, 0) is 24.3 Å². The highest BCUT2D eigenvalue weighted by atomic mass is 79.9. The third-order valence-corrected chi connectivity index (χ3v) is 8.20. The first kappa shape index (κ1) is 33.4. The molecule has 2 aromatic heterocycles. The zero-order chi connectivity index (χ0) is 34.7. The van der Waals surface area contributed by atoms with Crippen LogP contribution in [-0.2, 0) is 19.2 Å². The lowest BCUT2D eigenvalue weighted by Crippen LogP contribution is -2.52. The van der Waals surface area contributed by atoms with Gasteiger partial charge >= 0.3 is 6.03 Å². The molecule has 2 aliphatic heterocycles. The van der Waals surface area contributed by atoms with E-state index in [0.29, 0.717) is 22.1 Å². The number of aromatic nitrogens is 2. The maximum atomic E-state index is 12.4. The van der Waals surface area contributed by atoms with Crippen molar-refractivity contribution in [3.63, 3.8) is 0 Å². The number of non-ortho nitro benzene ring substituents is 1. The smallest absolute Gasteiger partial charge is 0.321 e. The highest BCUT2D eigenvalue weighted by Crippen LogP contribution is 2.26. The van der Waals surface area contributed by atoms with Crippen LogP contribution in [-0.4, -0.2) is 69.0 Å². The fraction of sp³-hybridized carbons (Fsp3) is 0.194. The Kier molecular flexibility index (Phi) is 9.60. The number of fused-ring (bicyclic) bond motifs is 2. The van der Waals surface area contributed by atoms with Gasteiger partial charge in [0.1, 0.15) is 0 Å². The van der Waals surface area contributed by atoms with Crippen LogP contribution in [0.1, 0.15) is 33.6 Å². The number of ketones is 4. The van der Waals surface area contributed by atoms with Gasteiger partial charge < -0.3 is 25.9 Å². The minimum absolute atomic E-state index is 0.0448. The molecule has 4 aromatic rings. The van der Waals surface area contributed by atoms with Gasteiger partial charge in [-0.1, -0.05) is 22.5 Å². The van der Waals surface area contributed by atoms with Crippen LogP contribution in [0, 0.1) is 22.0 Å². The van der Waals surface area contributed by atoms with Crippen molar-refractivity contribution in [1.82, 2.24) is 31.2 Å². The number of hydrogen-bond acceptors (Lipinski definition) is 10. The normalized spacial score (nSPS) is 17.4. The number of amides is 4. The molecular weight excluding hydrogens is 694 g/mol. The molecule has 246 valence electrons. The number of aromatic amines is 2. The standard InChI is InChI=1S/C16H14N4O5.C15H12BrN3O4/c1-8-17-6-9(16(23)19-8)4-14(21)15(22)12-7-18-13-3-2-10(20(24)25)5-11(12)13;16-8-1-2-11-9(4-8)10(6-17-11)13(21)12(20)3-7-5-18-15(23)19-14(7)22/h2-3,5,7,9,17-18H,1,4,6H2,(H,19,23);1-2,4,6-7,17H,3,5H2,(H2,18,19,22,23). The molecule has 2 aromatic carbocycles. The van der Waals surface area contributed by atoms with Gasteiger partial charge in [0, 0.05) is 76.7 Å². The lowest BCUT2D eigenvalue weighted by atomic mass is 9.95. The molecule has 17 heteroatoms. The summed E-state index contributed by atoms with van der Waals surface area (Å²) in [5.74, 6) is -4.82. The summed E-state index contributed by atoms with van der Waals surface area (Å²) >= 11 is 3.33. The summed E-state index contributed by atoms with van der Waals surface area (Å²) in [6.07, 6.45) is 2.33. The summed E-state index contributed by atoms with van der Waals surface area (Å²) in [6, 6.07) is 8.80. The second-order valence-electron chi connectivity index (χ2n) is 10.9. The highest BCUT2D eigenvalue weighted by Gasteiger charge is 2.32. The second-order valence-corrected chi connectivity index (χ2v) is 11.9. The van der Waals surface area contributed by atoms with Crippen LogP contribution < -0.4 is 21.3 Å². The summed E-state index contributed by atoms with van der Waals surface area (Å²) in [6.45, 7) is 3.81. The Morgan fingerprint density at radius 1 is 0.792 bits per heavy atom. The molecule has 0 saturated carbocycles. The Morgan fingerprint density at radius 2 is 1.31 bits per heavy atom. The first-order valence-electron chi connectivity index (χ1n) is 14.3. The van der Waals surface area contributed by atoms with Gasteiger partial charge in [0.25, 0.3) is 5.69 Å². The van der Waals surface area contributed by atoms with Crippen LogP contribution in [0.2, 0.25) is 0 Å². The molecule has 0 bridgehead atoms. The molecule has 0 aliphatic carbocycles. The number of nitrogens with one attached hydrogen (secondary N) is 6. The minimum atomic E-state index is -0.788. The number of Topliss-reactive ketones (excluding diaryl/α,β-unsaturated/α-hetero) is 4. The average molecular weight is 720 g/mol. The van der Waals surface area contributed by atoms with E-state index in [1.165, 1.54) is 30.6 Å². The topological polar surface area (TPSA) is 242 Å². The number of urea groups is 1. The lowest BCUT2D eigenvalue weighted by molar-refractivity contribution is -0.384. The van der Waals surface area contributed by atoms with Crippen LogP contribution >= 0.6 is 15.9 Å². The Labute approximate surface area is 278 Å². The average Bonchev–Trinajstić information content (AvgIpc) is 3.67. The van der Waals surface area contributed by atoms with Crippen molar-refractivity contribution in [3.05, 3.63) is 86.9 Å². The number of carbonyl (C=O) groups is 7. The number of nitro benzene ring substituents is 1. The van der Waals surface area contributed by atoms with Gasteiger partial charge in [-0.15, -0.1) is 0 Å². The molecule has 2 atom stereocenters. The molecule has 2 aliphatic rings. The molecule has 2 fully saturated rings. The molecule has 2 unspecified atom stereocenters. The number of nitrogens with zero attached hydrogens (tertiary/aromatic N) is 1. The Bertz CT molecular complexity index is 2060. The number of hydrogen-bond donors (Lipinski definition) is 6. The second kappa shape index (κ2) is 13.8. The van der Waals surface area contributed by atoms with E-state index >= 15 is 0 Å². The number of nitro groups is 1. The van der Waals surface area contributed by atoms with Crippen molar-refractivity contribution in [3.8, 4) is 0 Å². The summed E-state index contributed by atoms with van der Waals surface area (Å²) in [5, 5.41) is 21.6. The minimum Gasteiger partial charge on any atom is -0.371 e.